The molecule has 0 aromatic heterocycles. The number of amides is 2. The molecule has 156 valence electrons. The van der Waals surface area contributed by atoms with E-state index in [2.05, 4.69) is 12.2 Å². The molecule has 31 heavy (non-hydrogen) atoms. The first-order valence-corrected chi connectivity index (χ1v) is 11.0. The zero-order valence-electron chi connectivity index (χ0n) is 16.6. The number of ketones is 1. The van der Waals surface area contributed by atoms with Gasteiger partial charge < -0.3 is 4.74 Å². The Morgan fingerprint density at radius 1 is 0.935 bits per heavy atom. The molecule has 5 aliphatic rings. The molecule has 2 aromatic rings. The first kappa shape index (κ1) is 18.8. The molecule has 3 fully saturated rings. The Kier molecular flexibility index (Phi) is 4.12. The van der Waals surface area contributed by atoms with E-state index in [0.29, 0.717) is 33.9 Å². The molecule has 6 heteroatoms. The van der Waals surface area contributed by atoms with Crippen molar-refractivity contribution in [3.63, 3.8) is 0 Å². The summed E-state index contributed by atoms with van der Waals surface area (Å²) in [7, 11) is 0. The number of allylic oxidation sites excluding steroid dienone is 2. The van der Waals surface area contributed by atoms with E-state index >= 15 is 0 Å². The number of Topliss-reactive ketones (excluding diaryl/α,β-unsaturated/α-hetero) is 1. The van der Waals surface area contributed by atoms with Gasteiger partial charge in [0.1, 0.15) is 5.75 Å². The second-order valence-electron chi connectivity index (χ2n) is 8.85. The van der Waals surface area contributed by atoms with Crippen molar-refractivity contribution in [3.05, 3.63) is 71.3 Å². The predicted octanol–water partition coefficient (Wildman–Crippen LogP) is 4.16. The second kappa shape index (κ2) is 6.79. The lowest BCUT2D eigenvalue weighted by Crippen LogP contribution is -2.40. The first-order valence-electron chi connectivity index (χ1n) is 10.6. The molecule has 6 atom stereocenters. The fraction of sp³-hybridized carbons (Fsp3) is 0.320. The van der Waals surface area contributed by atoms with E-state index in [0.717, 1.165) is 6.42 Å². The Balaban J connectivity index is 1.26. The highest BCUT2D eigenvalue weighted by molar-refractivity contribution is 6.30. The summed E-state index contributed by atoms with van der Waals surface area (Å²) < 4.78 is 5.80. The SMILES string of the molecule is O=C(COc1ccccc1N1C(=O)C2C3C=CC(C4CC34)C2C1=O)c1ccc(Cl)cc1. The van der Waals surface area contributed by atoms with Crippen molar-refractivity contribution < 1.29 is 19.1 Å². The van der Waals surface area contributed by atoms with Crippen molar-refractivity contribution >= 4 is 34.9 Å². The largest absolute Gasteiger partial charge is 0.483 e. The van der Waals surface area contributed by atoms with Crippen LogP contribution in [0.4, 0.5) is 5.69 Å². The molecule has 6 unspecified atom stereocenters. The van der Waals surface area contributed by atoms with Gasteiger partial charge in [-0.1, -0.05) is 35.9 Å². The van der Waals surface area contributed by atoms with E-state index in [1.165, 1.54) is 4.90 Å². The van der Waals surface area contributed by atoms with Crippen LogP contribution < -0.4 is 9.64 Å². The molecule has 2 aromatic carbocycles. The average Bonchev–Trinajstić information content (AvgIpc) is 3.56. The van der Waals surface area contributed by atoms with Crippen LogP contribution in [0.25, 0.3) is 0 Å². The van der Waals surface area contributed by atoms with Crippen LogP contribution in [-0.4, -0.2) is 24.2 Å². The number of imide groups is 1. The number of benzene rings is 2. The van der Waals surface area contributed by atoms with Crippen molar-refractivity contribution in [1.82, 2.24) is 0 Å². The minimum atomic E-state index is -0.269. The number of halogens is 1. The van der Waals surface area contributed by atoms with Crippen LogP contribution in [0.5, 0.6) is 5.75 Å². The third kappa shape index (κ3) is 2.79. The highest BCUT2D eigenvalue weighted by atomic mass is 35.5. The zero-order chi connectivity index (χ0) is 21.3. The summed E-state index contributed by atoms with van der Waals surface area (Å²) in [5.74, 6) is 0.775. The zero-order valence-corrected chi connectivity index (χ0v) is 17.4. The molecule has 4 aliphatic carbocycles. The summed E-state index contributed by atoms with van der Waals surface area (Å²) in [5.41, 5.74) is 0.909. The fourth-order valence-electron chi connectivity index (χ4n) is 5.82. The summed E-state index contributed by atoms with van der Waals surface area (Å²) in [5, 5.41) is 0.552. The van der Waals surface area contributed by atoms with Crippen molar-refractivity contribution in [1.29, 1.82) is 0 Å². The molecule has 0 radical (unpaired) electrons. The molecule has 7 rings (SSSR count). The first-order chi connectivity index (χ1) is 15.0. The van der Waals surface area contributed by atoms with E-state index in [1.54, 1.807) is 48.5 Å². The second-order valence-corrected chi connectivity index (χ2v) is 9.29. The molecular formula is C25H20ClNO4. The lowest BCUT2D eigenvalue weighted by Gasteiger charge is -2.37. The number of hydrogen-bond donors (Lipinski definition) is 0. The Morgan fingerprint density at radius 2 is 1.55 bits per heavy atom. The summed E-state index contributed by atoms with van der Waals surface area (Å²) >= 11 is 5.88. The number of ether oxygens (including phenoxy) is 1. The topological polar surface area (TPSA) is 63.7 Å². The Labute approximate surface area is 184 Å². The lowest BCUT2D eigenvalue weighted by molar-refractivity contribution is -0.124. The lowest BCUT2D eigenvalue weighted by atomic mass is 9.63. The van der Waals surface area contributed by atoms with E-state index in [-0.39, 0.29) is 47.9 Å². The molecule has 5 nitrogen and oxygen atoms in total. The van der Waals surface area contributed by atoms with Gasteiger partial charge in [-0.25, -0.2) is 4.90 Å². The Bertz CT molecular complexity index is 1100. The summed E-state index contributed by atoms with van der Waals surface area (Å²) in [6.45, 7) is -0.196. The maximum Gasteiger partial charge on any atom is 0.238 e. The van der Waals surface area contributed by atoms with Crippen molar-refractivity contribution in [2.45, 2.75) is 6.42 Å². The van der Waals surface area contributed by atoms with Gasteiger partial charge in [0.2, 0.25) is 11.8 Å². The number of hydrogen-bond acceptors (Lipinski definition) is 4. The summed E-state index contributed by atoms with van der Waals surface area (Å²) in [6.07, 6.45) is 5.44. The maximum absolute atomic E-state index is 13.4. The van der Waals surface area contributed by atoms with Gasteiger partial charge in [-0.2, -0.15) is 0 Å². The van der Waals surface area contributed by atoms with Crippen molar-refractivity contribution in [2.24, 2.45) is 35.5 Å². The third-order valence-electron chi connectivity index (χ3n) is 7.29. The standard InChI is InChI=1S/C25H20ClNO4/c26-14-7-5-13(6-8-14)20(28)12-31-21-4-2-1-3-19(21)27-24(29)22-15-9-10-16(18-11-17(15)18)23(22)25(27)30/h1-10,15-18,22-23H,11-12H2. The van der Waals surface area contributed by atoms with E-state index in [1.807, 2.05) is 0 Å². The number of carbonyl (C=O) groups excluding carboxylic acids is 3. The quantitative estimate of drug-likeness (QED) is 0.403. The highest BCUT2D eigenvalue weighted by Gasteiger charge is 2.67. The number of rotatable bonds is 5. The minimum Gasteiger partial charge on any atom is -0.483 e. The van der Waals surface area contributed by atoms with E-state index in [9.17, 15) is 14.4 Å². The van der Waals surface area contributed by atoms with Gasteiger partial charge >= 0.3 is 0 Å². The molecule has 1 aliphatic heterocycles. The van der Waals surface area contributed by atoms with Crippen molar-refractivity contribution in [2.75, 3.05) is 11.5 Å². The number of para-hydroxylation sites is 2. The van der Waals surface area contributed by atoms with Crippen LogP contribution >= 0.6 is 11.6 Å². The van der Waals surface area contributed by atoms with E-state index < -0.39 is 0 Å². The summed E-state index contributed by atoms with van der Waals surface area (Å²) in [6, 6.07) is 13.5. The molecule has 2 amide bonds. The van der Waals surface area contributed by atoms with Crippen LogP contribution in [-0.2, 0) is 9.59 Å². The smallest absolute Gasteiger partial charge is 0.238 e. The van der Waals surface area contributed by atoms with Crippen LogP contribution in [0.3, 0.4) is 0 Å². The molecule has 1 saturated heterocycles. The van der Waals surface area contributed by atoms with Gasteiger partial charge in [-0.3, -0.25) is 14.4 Å². The molecule has 2 saturated carbocycles. The van der Waals surface area contributed by atoms with Gasteiger partial charge in [-0.15, -0.1) is 0 Å². The van der Waals surface area contributed by atoms with Crippen LogP contribution in [0, 0.1) is 35.5 Å². The number of carbonyl (C=O) groups is 3. The van der Waals surface area contributed by atoms with Crippen LogP contribution in [0.1, 0.15) is 16.8 Å². The fourth-order valence-corrected chi connectivity index (χ4v) is 5.95. The molecule has 0 spiro atoms. The highest BCUT2D eigenvalue weighted by Crippen LogP contribution is 2.65. The third-order valence-corrected chi connectivity index (χ3v) is 7.55. The van der Waals surface area contributed by atoms with Crippen LogP contribution in [0.2, 0.25) is 5.02 Å². The molecular weight excluding hydrogens is 414 g/mol. The normalized spacial score (nSPS) is 32.1. The maximum atomic E-state index is 13.4. The Morgan fingerprint density at radius 3 is 2.19 bits per heavy atom. The summed E-state index contributed by atoms with van der Waals surface area (Å²) in [4.78, 5) is 40.6. The van der Waals surface area contributed by atoms with Crippen molar-refractivity contribution in [3.8, 4) is 5.75 Å². The number of nitrogens with zero attached hydrogens (tertiary/aromatic N) is 1. The average molecular weight is 434 g/mol. The number of anilines is 1. The molecule has 0 N–H and O–H groups in total. The van der Waals surface area contributed by atoms with E-state index in [4.69, 9.17) is 16.3 Å². The van der Waals surface area contributed by atoms with Gasteiger partial charge in [0.25, 0.3) is 0 Å². The van der Waals surface area contributed by atoms with Gasteiger partial charge in [0.05, 0.1) is 17.5 Å². The molecule has 2 bridgehead atoms. The van der Waals surface area contributed by atoms with Crippen LogP contribution in [0.15, 0.2) is 60.7 Å². The monoisotopic (exact) mass is 433 g/mol. The molecule has 1 heterocycles. The Hall–Kier alpha value is -2.92. The predicted molar refractivity (Wildman–Crippen MR) is 115 cm³/mol. The van der Waals surface area contributed by atoms with Gasteiger partial charge in [0, 0.05) is 10.6 Å². The van der Waals surface area contributed by atoms with Gasteiger partial charge in [-0.05, 0) is 66.5 Å². The van der Waals surface area contributed by atoms with Gasteiger partial charge in [0.15, 0.2) is 12.4 Å². The minimum absolute atomic E-state index is 0.139.